The van der Waals surface area contributed by atoms with Crippen LogP contribution in [0.3, 0.4) is 0 Å². The predicted octanol–water partition coefficient (Wildman–Crippen LogP) is 12.9. The van der Waals surface area contributed by atoms with Gasteiger partial charge >= 0.3 is 0 Å². The van der Waals surface area contributed by atoms with Gasteiger partial charge in [0.2, 0.25) is 0 Å². The van der Waals surface area contributed by atoms with E-state index in [1.165, 1.54) is 0 Å². The molecule has 0 aliphatic heterocycles. The molecule has 0 aliphatic carbocycles. The largest absolute Gasteiger partial charge is 0.309 e. The van der Waals surface area contributed by atoms with Gasteiger partial charge in [-0.05, 0) is 106 Å². The Morgan fingerprint density at radius 2 is 0.820 bits per heavy atom. The average molecular weight is 644 g/mol. The third-order valence-electron chi connectivity index (χ3n) is 9.54. The van der Waals surface area contributed by atoms with Crippen LogP contribution in [0.4, 0.5) is 0 Å². The van der Waals surface area contributed by atoms with Gasteiger partial charge in [0.05, 0.1) is 31.7 Å². The standard InChI is InChI=1S/C48H32N2/c1-4-13-33(14-5-1)34-15-12-16-35(29-34)36-23-27-47-43(31-36)44-32-38(25-28-48(44)50(47)40-19-8-3-9-20-40)37-24-26-46-42(30-37)41-21-10-11-22-45(41)49(46)39-17-6-2-7-18-39/h1-32H/i10D,11D,21D,22D,24D,26D,30D. The Bertz CT molecular complexity index is 3240. The number of nitrogens with zero attached hydrogens (tertiary/aromatic N) is 2. The minimum Gasteiger partial charge on any atom is -0.309 e. The quantitative estimate of drug-likeness (QED) is 0.177. The lowest BCUT2D eigenvalue weighted by molar-refractivity contribution is 1.18. The number of aromatic nitrogens is 2. The lowest BCUT2D eigenvalue weighted by Crippen LogP contribution is -1.93. The molecule has 0 saturated carbocycles. The third-order valence-corrected chi connectivity index (χ3v) is 9.54. The Balaban J connectivity index is 1.26. The summed E-state index contributed by atoms with van der Waals surface area (Å²) in [5, 5.41) is 2.26. The summed E-state index contributed by atoms with van der Waals surface area (Å²) in [7, 11) is 0. The molecule has 0 radical (unpaired) electrons. The van der Waals surface area contributed by atoms with Crippen molar-refractivity contribution < 1.29 is 9.60 Å². The van der Waals surface area contributed by atoms with Gasteiger partial charge < -0.3 is 9.13 Å². The molecule has 0 fully saturated rings. The molecule has 10 rings (SSSR count). The summed E-state index contributed by atoms with van der Waals surface area (Å²) in [4.78, 5) is 0. The molecule has 2 aromatic heterocycles. The number of para-hydroxylation sites is 3. The van der Waals surface area contributed by atoms with Crippen molar-refractivity contribution in [3.05, 3.63) is 194 Å². The van der Waals surface area contributed by atoms with Crippen LogP contribution in [0.1, 0.15) is 9.60 Å². The van der Waals surface area contributed by atoms with Crippen LogP contribution in [0.5, 0.6) is 0 Å². The summed E-state index contributed by atoms with van der Waals surface area (Å²) >= 11 is 0. The normalized spacial score (nSPS) is 13.6. The molecule has 0 atom stereocenters. The lowest BCUT2D eigenvalue weighted by Gasteiger charge is -2.09. The molecule has 0 amide bonds. The molecule has 0 aliphatic rings. The summed E-state index contributed by atoms with van der Waals surface area (Å²) in [6, 6.07) is 48.6. The van der Waals surface area contributed by atoms with Gasteiger partial charge in [0.1, 0.15) is 0 Å². The summed E-state index contributed by atoms with van der Waals surface area (Å²) in [5.74, 6) is 0. The van der Waals surface area contributed by atoms with Crippen molar-refractivity contribution in [1.29, 1.82) is 0 Å². The first-order chi connectivity index (χ1) is 27.7. The van der Waals surface area contributed by atoms with E-state index in [0.717, 1.165) is 49.7 Å². The van der Waals surface area contributed by atoms with Gasteiger partial charge in [-0.2, -0.15) is 0 Å². The van der Waals surface area contributed by atoms with E-state index in [1.807, 2.05) is 72.8 Å². The third kappa shape index (κ3) is 4.57. The van der Waals surface area contributed by atoms with Crippen molar-refractivity contribution in [2.24, 2.45) is 0 Å². The molecule has 0 unspecified atom stereocenters. The van der Waals surface area contributed by atoms with Gasteiger partial charge in [-0.25, -0.2) is 0 Å². The molecule has 0 N–H and O–H groups in total. The zero-order valence-corrected chi connectivity index (χ0v) is 26.8. The fraction of sp³-hybridized carbons (Fsp3) is 0. The van der Waals surface area contributed by atoms with Crippen LogP contribution in [-0.2, 0) is 0 Å². The van der Waals surface area contributed by atoms with Crippen molar-refractivity contribution in [1.82, 2.24) is 9.13 Å². The van der Waals surface area contributed by atoms with E-state index in [2.05, 4.69) is 71.3 Å². The molecule has 0 bridgehead atoms. The van der Waals surface area contributed by atoms with E-state index in [0.29, 0.717) is 11.3 Å². The Hall–Kier alpha value is -6.64. The predicted molar refractivity (Wildman–Crippen MR) is 211 cm³/mol. The van der Waals surface area contributed by atoms with Crippen LogP contribution in [0, 0.1) is 0 Å². The van der Waals surface area contributed by atoms with E-state index < -0.39 is 12.1 Å². The molecule has 2 heteroatoms. The van der Waals surface area contributed by atoms with Crippen molar-refractivity contribution in [3.8, 4) is 44.8 Å². The number of benzene rings is 8. The molecule has 10 aromatic rings. The first kappa shape index (κ1) is 22.1. The molecule has 2 heterocycles. The summed E-state index contributed by atoms with van der Waals surface area (Å²) in [6.07, 6.45) is 0. The van der Waals surface area contributed by atoms with Crippen LogP contribution in [0.15, 0.2) is 194 Å². The van der Waals surface area contributed by atoms with Crippen molar-refractivity contribution in [3.63, 3.8) is 0 Å². The van der Waals surface area contributed by atoms with Crippen LogP contribution >= 0.6 is 0 Å². The van der Waals surface area contributed by atoms with E-state index in [1.54, 1.807) is 16.7 Å². The Kier molecular flexibility index (Phi) is 5.08. The average Bonchev–Trinajstić information content (AvgIpc) is 3.79. The highest BCUT2D eigenvalue weighted by Crippen LogP contribution is 2.39. The van der Waals surface area contributed by atoms with Gasteiger partial charge in [0, 0.05) is 32.9 Å². The molecule has 8 aromatic carbocycles. The van der Waals surface area contributed by atoms with Crippen molar-refractivity contribution >= 4 is 43.6 Å². The van der Waals surface area contributed by atoms with Crippen LogP contribution in [0.25, 0.3) is 88.4 Å². The SMILES string of the molecule is [2H]c1c([2H])c([2H])c2c(c1[2H])c1c([2H])c(-c3ccc4c(c3)c3cc(-c5cccc(-c6ccccc6)c5)ccc3n4-c3ccccc3)c([2H])c([2H])c1n2-c1ccccc1. The first-order valence-corrected chi connectivity index (χ1v) is 16.6. The number of fused-ring (bicyclic) bond motifs is 6. The van der Waals surface area contributed by atoms with Crippen LogP contribution in [0.2, 0.25) is 0 Å². The fourth-order valence-corrected chi connectivity index (χ4v) is 7.22. The lowest BCUT2D eigenvalue weighted by atomic mass is 9.97. The highest BCUT2D eigenvalue weighted by molar-refractivity contribution is 6.13. The maximum atomic E-state index is 9.74. The summed E-state index contributed by atoms with van der Waals surface area (Å²) < 4.78 is 67.5. The molecule has 0 spiro atoms. The maximum Gasteiger partial charge on any atom is 0.0645 e. The number of hydrogen-bond donors (Lipinski definition) is 0. The molecule has 2 nitrogen and oxygen atoms in total. The minimum atomic E-state index is -0.415. The van der Waals surface area contributed by atoms with Crippen LogP contribution < -0.4 is 0 Å². The smallest absolute Gasteiger partial charge is 0.0645 e. The molecule has 50 heavy (non-hydrogen) atoms. The second-order valence-electron chi connectivity index (χ2n) is 12.4. The van der Waals surface area contributed by atoms with Crippen molar-refractivity contribution in [2.75, 3.05) is 0 Å². The molecular formula is C48H32N2. The van der Waals surface area contributed by atoms with Gasteiger partial charge in [0.15, 0.2) is 0 Å². The van der Waals surface area contributed by atoms with E-state index in [9.17, 15) is 4.11 Å². The highest BCUT2D eigenvalue weighted by Gasteiger charge is 2.17. The fourth-order valence-electron chi connectivity index (χ4n) is 7.22. The highest BCUT2D eigenvalue weighted by atomic mass is 15.0. The molecular weight excluding hydrogens is 605 g/mol. The monoisotopic (exact) mass is 643 g/mol. The van der Waals surface area contributed by atoms with Gasteiger partial charge in [-0.1, -0.05) is 121 Å². The Morgan fingerprint density at radius 3 is 1.48 bits per heavy atom. The van der Waals surface area contributed by atoms with Gasteiger partial charge in [-0.15, -0.1) is 0 Å². The van der Waals surface area contributed by atoms with E-state index >= 15 is 0 Å². The van der Waals surface area contributed by atoms with Gasteiger partial charge in [-0.3, -0.25) is 0 Å². The van der Waals surface area contributed by atoms with E-state index in [4.69, 9.17) is 5.48 Å². The number of hydrogen-bond acceptors (Lipinski definition) is 0. The summed E-state index contributed by atoms with van der Waals surface area (Å²) in [6.45, 7) is 0. The second kappa shape index (κ2) is 11.5. The van der Waals surface area contributed by atoms with Crippen LogP contribution in [-0.4, -0.2) is 9.13 Å². The topological polar surface area (TPSA) is 9.86 Å². The number of rotatable bonds is 5. The van der Waals surface area contributed by atoms with E-state index in [-0.39, 0.29) is 57.6 Å². The molecule has 234 valence electrons. The summed E-state index contributed by atoms with van der Waals surface area (Å²) in [5.41, 5.74) is 9.02. The molecule has 0 saturated heterocycles. The zero-order valence-electron chi connectivity index (χ0n) is 33.8. The van der Waals surface area contributed by atoms with Crippen molar-refractivity contribution in [2.45, 2.75) is 0 Å². The second-order valence-corrected chi connectivity index (χ2v) is 12.4. The maximum absolute atomic E-state index is 9.74. The first-order valence-electron chi connectivity index (χ1n) is 20.1. The Labute approximate surface area is 300 Å². The van der Waals surface area contributed by atoms with Gasteiger partial charge in [0.25, 0.3) is 0 Å². The zero-order chi connectivity index (χ0) is 39.1. The Morgan fingerprint density at radius 1 is 0.320 bits per heavy atom. The minimum absolute atomic E-state index is 0.0692.